The summed E-state index contributed by atoms with van der Waals surface area (Å²) in [5, 5.41) is 0.674. The molecule has 5 rings (SSSR count). The van der Waals surface area contributed by atoms with Gasteiger partial charge in [0.15, 0.2) is 5.58 Å². The highest BCUT2D eigenvalue weighted by Crippen LogP contribution is 2.49. The largest absolute Gasteiger partial charge is 0.454 e. The van der Waals surface area contributed by atoms with Gasteiger partial charge in [-0.25, -0.2) is 0 Å². The summed E-state index contributed by atoms with van der Waals surface area (Å²) in [6.45, 7) is 12.0. The van der Waals surface area contributed by atoms with Gasteiger partial charge in [-0.1, -0.05) is 32.0 Å². The van der Waals surface area contributed by atoms with E-state index < -0.39 is 0 Å². The molecule has 0 bridgehead atoms. The first-order valence-corrected chi connectivity index (χ1v) is 12.6. The molecule has 184 valence electrons. The lowest BCUT2D eigenvalue weighted by molar-refractivity contribution is -0.135. The molecule has 2 atom stereocenters. The predicted octanol–water partition coefficient (Wildman–Crippen LogP) is 5.52. The Morgan fingerprint density at radius 2 is 1.86 bits per heavy atom. The molecule has 0 N–H and O–H groups in total. The van der Waals surface area contributed by atoms with Gasteiger partial charge in [0.05, 0.1) is 11.4 Å². The third kappa shape index (κ3) is 4.45. The minimum absolute atomic E-state index is 0.0592. The highest BCUT2D eigenvalue weighted by Gasteiger charge is 2.41. The molecule has 0 spiro atoms. The number of carbonyl (C=O) groups excluding carboxylic acids is 2. The smallest absolute Gasteiger partial charge is 0.223 e. The number of furan rings is 1. The van der Waals surface area contributed by atoms with E-state index >= 15 is 0 Å². The van der Waals surface area contributed by atoms with Gasteiger partial charge in [-0.15, -0.1) is 0 Å². The standard InChI is InChI=1S/C28H32ClN3O3/c1-18-21(15-28(2,3)16-27(34)31-11-9-30(4)10-12-31)22(17-33)23-13-26-24(32(18)23)14-25(35-26)19-5-7-20(29)8-6-19/h5-8,13-14,17,21-22H,1,9-12,15-16H2,2-4H3. The zero-order chi connectivity index (χ0) is 24.9. The van der Waals surface area contributed by atoms with Crippen LogP contribution in [0.25, 0.3) is 28.1 Å². The van der Waals surface area contributed by atoms with Gasteiger partial charge in [0.2, 0.25) is 5.91 Å². The van der Waals surface area contributed by atoms with Gasteiger partial charge in [-0.2, -0.15) is 0 Å². The monoisotopic (exact) mass is 493 g/mol. The normalized spacial score (nSPS) is 21.0. The molecule has 1 aromatic carbocycles. The highest BCUT2D eigenvalue weighted by molar-refractivity contribution is 6.30. The van der Waals surface area contributed by atoms with Crippen molar-refractivity contribution in [2.24, 2.45) is 11.3 Å². The van der Waals surface area contributed by atoms with Gasteiger partial charge in [0, 0.05) is 72.6 Å². The van der Waals surface area contributed by atoms with Crippen molar-refractivity contribution in [3.63, 3.8) is 0 Å². The van der Waals surface area contributed by atoms with Crippen LogP contribution in [0.1, 0.15) is 38.3 Å². The first-order chi connectivity index (χ1) is 16.7. The van der Waals surface area contributed by atoms with Gasteiger partial charge in [0.1, 0.15) is 12.0 Å². The number of halogens is 1. The molecule has 4 heterocycles. The fourth-order valence-corrected chi connectivity index (χ4v) is 5.69. The maximum Gasteiger partial charge on any atom is 0.223 e. The van der Waals surface area contributed by atoms with Crippen LogP contribution in [0, 0.1) is 11.3 Å². The van der Waals surface area contributed by atoms with Crippen LogP contribution in [0.15, 0.2) is 47.4 Å². The number of hydrogen-bond donors (Lipinski definition) is 0. The number of allylic oxidation sites excluding steroid dienone is 1. The zero-order valence-corrected chi connectivity index (χ0v) is 21.3. The van der Waals surface area contributed by atoms with E-state index in [1.807, 2.05) is 41.3 Å². The van der Waals surface area contributed by atoms with Gasteiger partial charge >= 0.3 is 0 Å². The second kappa shape index (κ2) is 8.99. The van der Waals surface area contributed by atoms with Gasteiger partial charge in [0.25, 0.3) is 0 Å². The molecule has 0 saturated carbocycles. The van der Waals surface area contributed by atoms with Crippen molar-refractivity contribution in [2.45, 2.75) is 32.6 Å². The lowest BCUT2D eigenvalue weighted by Crippen LogP contribution is -2.48. The van der Waals surface area contributed by atoms with Crippen LogP contribution >= 0.6 is 11.6 Å². The number of hydrogen-bond acceptors (Lipinski definition) is 4. The third-order valence-electron chi connectivity index (χ3n) is 7.54. The number of nitrogens with zero attached hydrogens (tertiary/aromatic N) is 3. The lowest BCUT2D eigenvalue weighted by Gasteiger charge is -2.36. The van der Waals surface area contributed by atoms with E-state index in [0.717, 1.165) is 66.3 Å². The highest BCUT2D eigenvalue weighted by atomic mass is 35.5. The molecule has 1 saturated heterocycles. The van der Waals surface area contributed by atoms with Crippen molar-refractivity contribution in [1.82, 2.24) is 14.4 Å². The van der Waals surface area contributed by atoms with Gasteiger partial charge < -0.3 is 23.6 Å². The van der Waals surface area contributed by atoms with Crippen molar-refractivity contribution in [3.05, 3.63) is 53.7 Å². The number of fused-ring (bicyclic) bond motifs is 3. The molecule has 0 radical (unpaired) electrons. The molecule has 1 fully saturated rings. The average Bonchev–Trinajstić information content (AvgIpc) is 3.43. The molecule has 6 nitrogen and oxygen atoms in total. The Bertz CT molecular complexity index is 1280. The van der Waals surface area contributed by atoms with Gasteiger partial charge in [-0.3, -0.25) is 4.79 Å². The topological polar surface area (TPSA) is 58.7 Å². The Morgan fingerprint density at radius 3 is 2.51 bits per heavy atom. The summed E-state index contributed by atoms with van der Waals surface area (Å²) in [6, 6.07) is 11.5. The third-order valence-corrected chi connectivity index (χ3v) is 7.79. The van der Waals surface area contributed by atoms with Crippen molar-refractivity contribution < 1.29 is 14.0 Å². The SMILES string of the molecule is C=C1C(CC(C)(C)CC(=O)N2CCN(C)CC2)C(C=O)c2cc3oc(-c4ccc(Cl)cc4)cc3n21. The Kier molecular flexibility index (Phi) is 6.14. The van der Waals surface area contributed by atoms with Crippen LogP contribution in [0.3, 0.4) is 0 Å². The molecular weight excluding hydrogens is 462 g/mol. The van der Waals surface area contributed by atoms with Crippen molar-refractivity contribution in [2.75, 3.05) is 33.2 Å². The molecule has 2 aliphatic rings. The number of aromatic nitrogens is 1. The fraction of sp³-hybridized carbons (Fsp3) is 0.429. The van der Waals surface area contributed by atoms with E-state index in [1.165, 1.54) is 0 Å². The number of benzene rings is 1. The fourth-order valence-electron chi connectivity index (χ4n) is 5.57. The van der Waals surface area contributed by atoms with Crippen molar-refractivity contribution in [1.29, 1.82) is 0 Å². The van der Waals surface area contributed by atoms with E-state index in [0.29, 0.717) is 17.9 Å². The second-order valence-electron chi connectivity index (χ2n) is 10.8. The van der Waals surface area contributed by atoms with E-state index in [1.54, 1.807) is 0 Å². The molecule has 35 heavy (non-hydrogen) atoms. The number of amides is 1. The second-order valence-corrected chi connectivity index (χ2v) is 11.2. The molecule has 2 aliphatic heterocycles. The number of likely N-dealkylation sites (N-methyl/N-ethyl adjacent to an activating group) is 1. The first kappa shape index (κ1) is 23.9. The molecular formula is C28H32ClN3O3. The number of piperazine rings is 1. The Labute approximate surface area is 211 Å². The van der Waals surface area contributed by atoms with Crippen LogP contribution in [0.4, 0.5) is 0 Å². The Balaban J connectivity index is 1.36. The minimum Gasteiger partial charge on any atom is -0.454 e. The summed E-state index contributed by atoms with van der Waals surface area (Å²) in [4.78, 5) is 29.5. The van der Waals surface area contributed by atoms with Crippen LogP contribution < -0.4 is 0 Å². The molecule has 1 amide bonds. The average molecular weight is 494 g/mol. The number of carbonyl (C=O) groups is 2. The minimum atomic E-state index is -0.304. The summed E-state index contributed by atoms with van der Waals surface area (Å²) < 4.78 is 8.19. The molecule has 2 unspecified atom stereocenters. The molecule has 2 aromatic heterocycles. The first-order valence-electron chi connectivity index (χ1n) is 12.2. The van der Waals surface area contributed by atoms with E-state index in [4.69, 9.17) is 16.0 Å². The lowest BCUT2D eigenvalue weighted by atomic mass is 9.75. The van der Waals surface area contributed by atoms with Gasteiger partial charge in [-0.05, 0) is 43.1 Å². The predicted molar refractivity (Wildman–Crippen MR) is 139 cm³/mol. The quantitative estimate of drug-likeness (QED) is 0.424. The summed E-state index contributed by atoms with van der Waals surface area (Å²) in [5.41, 5.74) is 4.12. The maximum absolute atomic E-state index is 13.0. The Hall–Kier alpha value is -2.83. The van der Waals surface area contributed by atoms with E-state index in [9.17, 15) is 9.59 Å². The summed E-state index contributed by atoms with van der Waals surface area (Å²) in [6.07, 6.45) is 2.19. The number of rotatable bonds is 6. The molecule has 0 aliphatic carbocycles. The van der Waals surface area contributed by atoms with Crippen LogP contribution in [0.5, 0.6) is 0 Å². The number of aldehydes is 1. The van der Waals surface area contributed by atoms with E-state index in [2.05, 4.69) is 36.9 Å². The van der Waals surface area contributed by atoms with Crippen LogP contribution in [0.2, 0.25) is 5.02 Å². The van der Waals surface area contributed by atoms with Crippen LogP contribution in [-0.4, -0.2) is 59.8 Å². The van der Waals surface area contributed by atoms with Crippen molar-refractivity contribution >= 4 is 40.6 Å². The maximum atomic E-state index is 13.0. The van der Waals surface area contributed by atoms with Crippen LogP contribution in [-0.2, 0) is 9.59 Å². The molecule has 7 heteroatoms. The summed E-state index contributed by atoms with van der Waals surface area (Å²) >= 11 is 6.03. The summed E-state index contributed by atoms with van der Waals surface area (Å²) in [5.74, 6) is 0.580. The van der Waals surface area contributed by atoms with Crippen molar-refractivity contribution in [3.8, 4) is 11.3 Å². The summed E-state index contributed by atoms with van der Waals surface area (Å²) in [7, 11) is 2.09. The van der Waals surface area contributed by atoms with E-state index in [-0.39, 0.29) is 23.2 Å². The Morgan fingerprint density at radius 1 is 1.17 bits per heavy atom. The molecule has 3 aromatic rings. The zero-order valence-electron chi connectivity index (χ0n) is 20.6.